The first-order chi connectivity index (χ1) is 13.3. The maximum absolute atomic E-state index is 13.6. The molecule has 0 aliphatic carbocycles. The van der Waals surface area contributed by atoms with Gasteiger partial charge < -0.3 is 0 Å². The SMILES string of the molecule is Cc1cc(NC(=O)NC(=O)c2c(F)cccc2F)ncc1-c1ccc(Br)cc1. The Morgan fingerprint density at radius 1 is 1.04 bits per heavy atom. The summed E-state index contributed by atoms with van der Waals surface area (Å²) in [5, 5.41) is 4.26. The molecule has 0 fully saturated rings. The van der Waals surface area contributed by atoms with Gasteiger partial charge in [0.15, 0.2) is 0 Å². The van der Waals surface area contributed by atoms with Gasteiger partial charge in [-0.05, 0) is 48.4 Å². The second kappa shape index (κ2) is 8.26. The Bertz CT molecular complexity index is 1040. The van der Waals surface area contributed by atoms with Crippen LogP contribution in [0.3, 0.4) is 0 Å². The van der Waals surface area contributed by atoms with E-state index in [0.717, 1.165) is 39.4 Å². The van der Waals surface area contributed by atoms with Crippen molar-refractivity contribution in [3.63, 3.8) is 0 Å². The molecule has 0 aliphatic rings. The first-order valence-electron chi connectivity index (χ1n) is 8.14. The molecule has 2 N–H and O–H groups in total. The Balaban J connectivity index is 1.71. The van der Waals surface area contributed by atoms with E-state index in [1.165, 1.54) is 0 Å². The Hall–Kier alpha value is -3.13. The van der Waals surface area contributed by atoms with Gasteiger partial charge in [0.1, 0.15) is 23.0 Å². The van der Waals surface area contributed by atoms with E-state index in [-0.39, 0.29) is 5.82 Å². The number of urea groups is 1. The first-order valence-corrected chi connectivity index (χ1v) is 8.93. The highest BCUT2D eigenvalue weighted by Crippen LogP contribution is 2.25. The van der Waals surface area contributed by atoms with E-state index in [9.17, 15) is 18.4 Å². The zero-order valence-electron chi connectivity index (χ0n) is 14.6. The zero-order chi connectivity index (χ0) is 20.3. The fourth-order valence-corrected chi connectivity index (χ4v) is 2.85. The number of rotatable bonds is 3. The minimum absolute atomic E-state index is 0.192. The summed E-state index contributed by atoms with van der Waals surface area (Å²) >= 11 is 3.38. The molecule has 28 heavy (non-hydrogen) atoms. The molecule has 0 aliphatic heterocycles. The third-order valence-electron chi connectivity index (χ3n) is 3.92. The number of pyridine rings is 1. The number of aryl methyl sites for hydroxylation is 1. The Morgan fingerprint density at radius 2 is 1.68 bits per heavy atom. The molecule has 8 heteroatoms. The van der Waals surface area contributed by atoms with E-state index in [2.05, 4.69) is 26.2 Å². The van der Waals surface area contributed by atoms with Crippen LogP contribution in [0.1, 0.15) is 15.9 Å². The lowest BCUT2D eigenvalue weighted by Gasteiger charge is -2.10. The molecule has 3 rings (SSSR count). The maximum Gasteiger partial charge on any atom is 0.327 e. The molecule has 3 aromatic rings. The van der Waals surface area contributed by atoms with Crippen molar-refractivity contribution < 1.29 is 18.4 Å². The third kappa shape index (κ3) is 4.40. The topological polar surface area (TPSA) is 71.1 Å². The molecule has 2 aromatic carbocycles. The van der Waals surface area contributed by atoms with Crippen LogP contribution in [0.5, 0.6) is 0 Å². The predicted molar refractivity (Wildman–Crippen MR) is 105 cm³/mol. The summed E-state index contributed by atoms with van der Waals surface area (Å²) in [5.74, 6) is -3.11. The summed E-state index contributed by atoms with van der Waals surface area (Å²) in [4.78, 5) is 28.1. The molecule has 0 bridgehead atoms. The highest BCUT2D eigenvalue weighted by molar-refractivity contribution is 9.10. The lowest BCUT2D eigenvalue weighted by atomic mass is 10.0. The van der Waals surface area contributed by atoms with Crippen LogP contribution in [0.15, 0.2) is 59.2 Å². The number of nitrogens with zero attached hydrogens (tertiary/aromatic N) is 1. The summed E-state index contributed by atoms with van der Waals surface area (Å²) in [6, 6.07) is 11.3. The van der Waals surface area contributed by atoms with Crippen molar-refractivity contribution in [2.24, 2.45) is 0 Å². The van der Waals surface area contributed by atoms with E-state index in [1.54, 1.807) is 12.3 Å². The Labute approximate surface area is 167 Å². The number of imide groups is 1. The van der Waals surface area contributed by atoms with Gasteiger partial charge in [0.05, 0.1) is 0 Å². The van der Waals surface area contributed by atoms with Gasteiger partial charge >= 0.3 is 6.03 Å². The van der Waals surface area contributed by atoms with Crippen LogP contribution in [-0.2, 0) is 0 Å². The van der Waals surface area contributed by atoms with Gasteiger partial charge in [-0.3, -0.25) is 15.4 Å². The molecule has 0 spiro atoms. The van der Waals surface area contributed by atoms with Crippen LogP contribution >= 0.6 is 15.9 Å². The summed E-state index contributed by atoms with van der Waals surface area (Å²) < 4.78 is 28.2. The summed E-state index contributed by atoms with van der Waals surface area (Å²) in [6.07, 6.45) is 1.59. The number of amides is 3. The largest absolute Gasteiger partial charge is 0.327 e. The fourth-order valence-electron chi connectivity index (χ4n) is 2.58. The summed E-state index contributed by atoms with van der Waals surface area (Å²) in [7, 11) is 0. The average Bonchev–Trinajstić information content (AvgIpc) is 2.62. The predicted octanol–water partition coefficient (Wildman–Crippen LogP) is 5.06. The number of carbonyl (C=O) groups excluding carboxylic acids is 2. The standard InChI is InChI=1S/C20H14BrF2N3O2/c1-11-9-17(24-10-14(11)12-5-7-13(21)8-6-12)25-20(28)26-19(27)18-15(22)3-2-4-16(18)23/h2-10H,1H3,(H2,24,25,26,27,28). The van der Waals surface area contributed by atoms with Crippen LogP contribution in [-0.4, -0.2) is 16.9 Å². The van der Waals surface area contributed by atoms with Crippen molar-refractivity contribution in [1.29, 1.82) is 0 Å². The molecular weight excluding hydrogens is 432 g/mol. The van der Waals surface area contributed by atoms with Gasteiger partial charge in [-0.1, -0.05) is 34.1 Å². The fraction of sp³-hybridized carbons (Fsp3) is 0.0500. The first kappa shape index (κ1) is 19.6. The van der Waals surface area contributed by atoms with Crippen molar-refractivity contribution in [2.75, 3.05) is 5.32 Å². The van der Waals surface area contributed by atoms with Crippen molar-refractivity contribution in [2.45, 2.75) is 6.92 Å². The number of halogens is 3. The van der Waals surface area contributed by atoms with Crippen molar-refractivity contribution in [3.05, 3.63) is 82.0 Å². The minimum Gasteiger partial charge on any atom is -0.292 e. The summed E-state index contributed by atoms with van der Waals surface area (Å²) in [6.45, 7) is 1.85. The van der Waals surface area contributed by atoms with Crippen LogP contribution in [0.2, 0.25) is 0 Å². The number of aromatic nitrogens is 1. The van der Waals surface area contributed by atoms with Crippen molar-refractivity contribution >= 4 is 33.7 Å². The molecule has 0 saturated heterocycles. The molecule has 0 radical (unpaired) electrons. The zero-order valence-corrected chi connectivity index (χ0v) is 16.2. The van der Waals surface area contributed by atoms with Crippen LogP contribution in [0, 0.1) is 18.6 Å². The highest BCUT2D eigenvalue weighted by atomic mass is 79.9. The van der Waals surface area contributed by atoms with E-state index in [0.29, 0.717) is 0 Å². The molecule has 0 atom stereocenters. The molecule has 142 valence electrons. The monoisotopic (exact) mass is 445 g/mol. The van der Waals surface area contributed by atoms with E-state index < -0.39 is 29.1 Å². The van der Waals surface area contributed by atoms with Crippen molar-refractivity contribution in [3.8, 4) is 11.1 Å². The van der Waals surface area contributed by atoms with E-state index in [4.69, 9.17) is 0 Å². The number of hydrogen-bond acceptors (Lipinski definition) is 3. The van der Waals surface area contributed by atoms with Crippen LogP contribution in [0.4, 0.5) is 19.4 Å². The third-order valence-corrected chi connectivity index (χ3v) is 4.45. The van der Waals surface area contributed by atoms with Gasteiger partial charge in [0.25, 0.3) is 5.91 Å². The molecular formula is C20H14BrF2N3O2. The van der Waals surface area contributed by atoms with Gasteiger partial charge in [-0.25, -0.2) is 18.6 Å². The Morgan fingerprint density at radius 3 is 2.29 bits per heavy atom. The second-order valence-corrected chi connectivity index (χ2v) is 6.81. The van der Waals surface area contributed by atoms with Gasteiger partial charge in [0.2, 0.25) is 0 Å². The molecule has 1 aromatic heterocycles. The molecule has 0 saturated carbocycles. The number of hydrogen-bond donors (Lipinski definition) is 2. The molecule has 1 heterocycles. The minimum atomic E-state index is -1.18. The number of benzene rings is 2. The lowest BCUT2D eigenvalue weighted by molar-refractivity contribution is 0.0959. The van der Waals surface area contributed by atoms with Gasteiger partial charge in [-0.15, -0.1) is 0 Å². The number of anilines is 1. The number of nitrogens with one attached hydrogen (secondary N) is 2. The smallest absolute Gasteiger partial charge is 0.292 e. The van der Waals surface area contributed by atoms with E-state index >= 15 is 0 Å². The van der Waals surface area contributed by atoms with Gasteiger partial charge in [0, 0.05) is 16.2 Å². The Kier molecular flexibility index (Phi) is 5.79. The second-order valence-electron chi connectivity index (χ2n) is 5.90. The molecule has 0 unspecified atom stereocenters. The quantitative estimate of drug-likeness (QED) is 0.591. The average molecular weight is 446 g/mol. The van der Waals surface area contributed by atoms with Crippen molar-refractivity contribution in [1.82, 2.24) is 10.3 Å². The highest BCUT2D eigenvalue weighted by Gasteiger charge is 2.19. The molecule has 3 amide bonds. The summed E-state index contributed by atoms with van der Waals surface area (Å²) in [5.41, 5.74) is 1.85. The normalized spacial score (nSPS) is 10.4. The lowest BCUT2D eigenvalue weighted by Crippen LogP contribution is -2.35. The number of carbonyl (C=O) groups is 2. The van der Waals surface area contributed by atoms with Gasteiger partial charge in [-0.2, -0.15) is 0 Å². The maximum atomic E-state index is 13.6. The van der Waals surface area contributed by atoms with E-state index in [1.807, 2.05) is 36.5 Å². The van der Waals surface area contributed by atoms with Crippen LogP contribution < -0.4 is 10.6 Å². The van der Waals surface area contributed by atoms with Crippen LogP contribution in [0.25, 0.3) is 11.1 Å². The molecule has 5 nitrogen and oxygen atoms in total.